The molecule has 2 heterocycles. The summed E-state index contributed by atoms with van der Waals surface area (Å²) in [5, 5.41) is 3.22. The Morgan fingerprint density at radius 1 is 1.33 bits per heavy atom. The Morgan fingerprint density at radius 3 is 2.67 bits per heavy atom. The van der Waals surface area contributed by atoms with Crippen LogP contribution in [0.25, 0.3) is 0 Å². The lowest BCUT2D eigenvalue weighted by atomic mass is 10.3. The van der Waals surface area contributed by atoms with Crippen LogP contribution in [-0.4, -0.2) is 10.9 Å². The van der Waals surface area contributed by atoms with Crippen molar-refractivity contribution < 1.29 is 9.21 Å². The Morgan fingerprint density at radius 2 is 2.06 bits per heavy atom. The van der Waals surface area contributed by atoms with Crippen LogP contribution >= 0.6 is 34.8 Å². The van der Waals surface area contributed by atoms with Crippen LogP contribution in [0.1, 0.15) is 16.1 Å². The fourth-order valence-electron chi connectivity index (χ4n) is 1.28. The average Bonchev–Trinajstić information content (AvgIpc) is 2.72. The van der Waals surface area contributed by atoms with Gasteiger partial charge in [-0.25, -0.2) is 4.98 Å². The zero-order chi connectivity index (χ0) is 13.3. The first-order valence-corrected chi connectivity index (χ1v) is 5.99. The highest BCUT2D eigenvalue weighted by Crippen LogP contribution is 2.26. The van der Waals surface area contributed by atoms with E-state index in [-0.39, 0.29) is 21.6 Å². The molecule has 0 bridgehead atoms. The fourth-order valence-corrected chi connectivity index (χ4v) is 1.88. The smallest absolute Gasteiger partial charge is 0.261 e. The topological polar surface area (TPSA) is 55.1 Å². The van der Waals surface area contributed by atoms with Crippen LogP contribution in [0, 0.1) is 6.92 Å². The second kappa shape index (κ2) is 5.18. The van der Waals surface area contributed by atoms with Gasteiger partial charge in [0.1, 0.15) is 0 Å². The molecule has 0 atom stereocenters. The largest absolute Gasteiger partial charge is 0.452 e. The van der Waals surface area contributed by atoms with Gasteiger partial charge in [-0.3, -0.25) is 4.79 Å². The Bertz CT molecular complexity index is 610. The van der Waals surface area contributed by atoms with E-state index in [1.807, 2.05) is 0 Å². The zero-order valence-electron chi connectivity index (χ0n) is 9.13. The van der Waals surface area contributed by atoms with Gasteiger partial charge in [0.25, 0.3) is 5.91 Å². The van der Waals surface area contributed by atoms with Gasteiger partial charge in [-0.1, -0.05) is 23.2 Å². The zero-order valence-corrected chi connectivity index (χ0v) is 11.4. The molecule has 0 spiro atoms. The third-order valence-corrected chi connectivity index (χ3v) is 3.16. The van der Waals surface area contributed by atoms with Crippen LogP contribution in [0.5, 0.6) is 0 Å². The minimum atomic E-state index is -0.454. The van der Waals surface area contributed by atoms with Gasteiger partial charge in [0.05, 0.1) is 27.6 Å². The number of pyridine rings is 1. The van der Waals surface area contributed by atoms with Gasteiger partial charge in [0.15, 0.2) is 5.82 Å². The number of nitrogens with one attached hydrogen (secondary N) is 1. The molecular weight excluding hydrogens is 298 g/mol. The molecule has 0 unspecified atom stereocenters. The Kier molecular flexibility index (Phi) is 3.80. The third kappa shape index (κ3) is 2.61. The molecule has 18 heavy (non-hydrogen) atoms. The van der Waals surface area contributed by atoms with Gasteiger partial charge in [0.2, 0.25) is 5.22 Å². The number of hydrogen-bond donors (Lipinski definition) is 1. The number of carbonyl (C=O) groups excluding carboxylic acids is 1. The van der Waals surface area contributed by atoms with Crippen molar-refractivity contribution in [2.75, 3.05) is 5.32 Å². The molecule has 1 N–H and O–H groups in total. The normalized spacial score (nSPS) is 10.4. The summed E-state index contributed by atoms with van der Waals surface area (Å²) in [5.74, 6) is -0.231. The van der Waals surface area contributed by atoms with E-state index in [9.17, 15) is 4.79 Å². The molecule has 7 heteroatoms. The number of furan rings is 1. The van der Waals surface area contributed by atoms with E-state index in [1.54, 1.807) is 6.92 Å². The number of aryl methyl sites for hydroxylation is 1. The second-order valence-electron chi connectivity index (χ2n) is 3.45. The van der Waals surface area contributed by atoms with E-state index >= 15 is 0 Å². The summed E-state index contributed by atoms with van der Waals surface area (Å²) in [6.07, 6.45) is 1.32. The molecule has 0 aliphatic rings. The predicted molar refractivity (Wildman–Crippen MR) is 70.7 cm³/mol. The van der Waals surface area contributed by atoms with E-state index < -0.39 is 5.91 Å². The first kappa shape index (κ1) is 13.2. The first-order chi connectivity index (χ1) is 8.49. The summed E-state index contributed by atoms with van der Waals surface area (Å²) in [5.41, 5.74) is 0.775. The number of hydrogen-bond acceptors (Lipinski definition) is 3. The molecule has 0 fully saturated rings. The lowest BCUT2D eigenvalue weighted by Crippen LogP contribution is -2.13. The number of amides is 1. The number of aromatic nitrogens is 1. The van der Waals surface area contributed by atoms with E-state index in [0.717, 1.165) is 0 Å². The maximum Gasteiger partial charge on any atom is 0.261 e. The molecule has 0 aliphatic heterocycles. The maximum atomic E-state index is 11.9. The lowest BCUT2D eigenvalue weighted by Gasteiger charge is -2.07. The van der Waals surface area contributed by atoms with Gasteiger partial charge in [-0.2, -0.15) is 0 Å². The van der Waals surface area contributed by atoms with Crippen molar-refractivity contribution in [1.82, 2.24) is 4.98 Å². The van der Waals surface area contributed by atoms with Crippen molar-refractivity contribution in [2.45, 2.75) is 6.92 Å². The van der Waals surface area contributed by atoms with Crippen LogP contribution < -0.4 is 5.32 Å². The molecular formula is C11H7Cl3N2O2. The maximum absolute atomic E-state index is 11.9. The van der Waals surface area contributed by atoms with Crippen molar-refractivity contribution in [3.05, 3.63) is 44.9 Å². The highest BCUT2D eigenvalue weighted by Gasteiger charge is 2.16. The van der Waals surface area contributed by atoms with E-state index in [0.29, 0.717) is 10.7 Å². The quantitative estimate of drug-likeness (QED) is 0.905. The van der Waals surface area contributed by atoms with Crippen LogP contribution in [-0.2, 0) is 0 Å². The van der Waals surface area contributed by atoms with Gasteiger partial charge < -0.3 is 9.73 Å². The number of halogens is 3. The monoisotopic (exact) mass is 304 g/mol. The summed E-state index contributed by atoms with van der Waals surface area (Å²) in [7, 11) is 0. The molecule has 1 amide bonds. The fraction of sp³-hybridized carbons (Fsp3) is 0.0909. The highest BCUT2D eigenvalue weighted by atomic mass is 35.5. The molecule has 4 nitrogen and oxygen atoms in total. The molecule has 0 aromatic carbocycles. The summed E-state index contributed by atoms with van der Waals surface area (Å²) in [6.45, 7) is 1.71. The average molecular weight is 306 g/mol. The Balaban J connectivity index is 2.28. The van der Waals surface area contributed by atoms with Crippen LogP contribution in [0.2, 0.25) is 15.3 Å². The van der Waals surface area contributed by atoms with Gasteiger partial charge >= 0.3 is 0 Å². The Labute approximate surface area is 118 Å². The molecule has 0 saturated carbocycles. The van der Waals surface area contributed by atoms with Crippen molar-refractivity contribution in [3.8, 4) is 0 Å². The number of anilines is 1. The molecule has 2 aromatic heterocycles. The van der Waals surface area contributed by atoms with E-state index in [2.05, 4.69) is 10.3 Å². The van der Waals surface area contributed by atoms with E-state index in [1.165, 1.54) is 18.4 Å². The van der Waals surface area contributed by atoms with Gasteiger partial charge in [-0.05, 0) is 30.7 Å². The first-order valence-electron chi connectivity index (χ1n) is 4.86. The summed E-state index contributed by atoms with van der Waals surface area (Å²) in [4.78, 5) is 15.9. The molecule has 0 saturated heterocycles. The molecule has 0 radical (unpaired) electrons. The Hall–Kier alpha value is -1.23. The molecule has 94 valence electrons. The van der Waals surface area contributed by atoms with Gasteiger partial charge in [0, 0.05) is 0 Å². The van der Waals surface area contributed by atoms with Crippen molar-refractivity contribution >= 4 is 46.5 Å². The number of nitrogens with zero attached hydrogens (tertiary/aromatic N) is 1. The SMILES string of the molecule is Cc1nc(NC(=O)c2ccoc2Cl)c(Cl)cc1Cl. The van der Waals surface area contributed by atoms with Crippen molar-refractivity contribution in [1.29, 1.82) is 0 Å². The van der Waals surface area contributed by atoms with Crippen molar-refractivity contribution in [3.63, 3.8) is 0 Å². The minimum absolute atomic E-state index is 0.00862. The number of carbonyl (C=O) groups is 1. The lowest BCUT2D eigenvalue weighted by molar-refractivity contribution is 0.102. The van der Waals surface area contributed by atoms with E-state index in [4.69, 9.17) is 39.2 Å². The van der Waals surface area contributed by atoms with Gasteiger partial charge in [-0.15, -0.1) is 0 Å². The highest BCUT2D eigenvalue weighted by molar-refractivity contribution is 6.37. The minimum Gasteiger partial charge on any atom is -0.452 e. The summed E-state index contributed by atoms with van der Waals surface area (Å²) < 4.78 is 4.83. The predicted octanol–water partition coefficient (Wildman–Crippen LogP) is 4.20. The standard InChI is InChI=1S/C11H7Cl3N2O2/c1-5-7(12)4-8(13)10(15-5)16-11(17)6-2-3-18-9(6)14/h2-4H,1H3,(H,15,16,17). The second-order valence-corrected chi connectivity index (χ2v) is 4.61. The third-order valence-electron chi connectivity index (χ3n) is 2.20. The van der Waals surface area contributed by atoms with Crippen LogP contribution in [0.3, 0.4) is 0 Å². The summed E-state index contributed by atoms with van der Waals surface area (Å²) >= 11 is 17.5. The molecule has 2 rings (SSSR count). The summed E-state index contributed by atoms with van der Waals surface area (Å²) in [6, 6.07) is 2.96. The van der Waals surface area contributed by atoms with Crippen molar-refractivity contribution in [2.24, 2.45) is 0 Å². The molecule has 0 aliphatic carbocycles. The molecule has 2 aromatic rings. The number of rotatable bonds is 2. The van der Waals surface area contributed by atoms with Crippen LogP contribution in [0.15, 0.2) is 22.8 Å². The van der Waals surface area contributed by atoms with Crippen LogP contribution in [0.4, 0.5) is 5.82 Å².